The van der Waals surface area contributed by atoms with Gasteiger partial charge in [0.1, 0.15) is 0 Å². The molecule has 2 aromatic rings. The van der Waals surface area contributed by atoms with Crippen LogP contribution in [0.4, 0.5) is 0 Å². The topological polar surface area (TPSA) is 71.2 Å². The number of nitrogens with zero attached hydrogens (tertiary/aromatic N) is 4. The minimum absolute atomic E-state index is 0.128. The molecule has 0 fully saturated rings. The molecule has 0 bridgehead atoms. The number of hydrogen-bond acceptors (Lipinski definition) is 4. The number of aliphatic hydroxyl groups is 1. The predicted molar refractivity (Wildman–Crippen MR) is 74.6 cm³/mol. The molecule has 1 aromatic carbocycles. The van der Waals surface area contributed by atoms with E-state index in [9.17, 15) is 9.90 Å². The van der Waals surface area contributed by atoms with Crippen molar-refractivity contribution in [1.82, 2.24) is 19.9 Å². The lowest BCUT2D eigenvalue weighted by atomic mass is 10.1. The minimum Gasteiger partial charge on any atom is -0.389 e. The fraction of sp³-hybridized carbons (Fsp3) is 0.357. The highest BCUT2D eigenvalue weighted by molar-refractivity contribution is 5.94. The molecule has 0 aliphatic rings. The van der Waals surface area contributed by atoms with Crippen molar-refractivity contribution in [2.45, 2.75) is 19.4 Å². The van der Waals surface area contributed by atoms with Crippen LogP contribution in [0.5, 0.6) is 0 Å². The Kier molecular flexibility index (Phi) is 3.85. The van der Waals surface area contributed by atoms with Crippen molar-refractivity contribution in [3.05, 3.63) is 42.2 Å². The first kappa shape index (κ1) is 14.2. The van der Waals surface area contributed by atoms with Crippen LogP contribution < -0.4 is 0 Å². The first-order valence-corrected chi connectivity index (χ1v) is 6.31. The van der Waals surface area contributed by atoms with E-state index >= 15 is 0 Å². The molecular formula is C14H18N4O2. The van der Waals surface area contributed by atoms with Crippen molar-refractivity contribution in [3.8, 4) is 5.69 Å². The molecule has 0 aliphatic carbocycles. The predicted octanol–water partition coefficient (Wildman–Crippen LogP) is 1.11. The van der Waals surface area contributed by atoms with Crippen molar-refractivity contribution in [3.63, 3.8) is 0 Å². The van der Waals surface area contributed by atoms with E-state index in [0.717, 1.165) is 5.69 Å². The van der Waals surface area contributed by atoms with Gasteiger partial charge in [0.25, 0.3) is 5.91 Å². The molecule has 6 heteroatoms. The Morgan fingerprint density at radius 3 is 2.50 bits per heavy atom. The molecule has 20 heavy (non-hydrogen) atoms. The number of aromatic nitrogens is 3. The average Bonchev–Trinajstić information content (AvgIpc) is 2.90. The van der Waals surface area contributed by atoms with Gasteiger partial charge in [-0.15, -0.1) is 5.10 Å². The van der Waals surface area contributed by atoms with Gasteiger partial charge in [-0.25, -0.2) is 4.68 Å². The summed E-state index contributed by atoms with van der Waals surface area (Å²) in [5.74, 6) is -0.128. The number of carbonyl (C=O) groups excluding carboxylic acids is 1. The number of benzene rings is 1. The normalized spacial score (nSPS) is 11.4. The SMILES string of the molecule is CN(CC(C)(C)O)C(=O)c1ccc(-n2ccnn2)cc1. The van der Waals surface area contributed by atoms with Crippen LogP contribution in [0.2, 0.25) is 0 Å². The van der Waals surface area contributed by atoms with E-state index in [0.29, 0.717) is 5.56 Å². The smallest absolute Gasteiger partial charge is 0.253 e. The van der Waals surface area contributed by atoms with Crippen LogP contribution in [0, 0.1) is 0 Å². The summed E-state index contributed by atoms with van der Waals surface area (Å²) < 4.78 is 1.62. The maximum absolute atomic E-state index is 12.2. The Bertz CT molecular complexity index is 570. The summed E-state index contributed by atoms with van der Waals surface area (Å²) in [5, 5.41) is 17.4. The highest BCUT2D eigenvalue weighted by Crippen LogP contribution is 2.11. The van der Waals surface area contributed by atoms with Crippen molar-refractivity contribution in [2.24, 2.45) is 0 Å². The summed E-state index contributed by atoms with van der Waals surface area (Å²) in [4.78, 5) is 13.7. The van der Waals surface area contributed by atoms with Gasteiger partial charge in [0, 0.05) is 19.2 Å². The summed E-state index contributed by atoms with van der Waals surface area (Å²) in [5.41, 5.74) is 0.496. The lowest BCUT2D eigenvalue weighted by Gasteiger charge is -2.25. The van der Waals surface area contributed by atoms with Crippen LogP contribution in [0.3, 0.4) is 0 Å². The Labute approximate surface area is 117 Å². The van der Waals surface area contributed by atoms with Crippen molar-refractivity contribution in [2.75, 3.05) is 13.6 Å². The number of hydrogen-bond donors (Lipinski definition) is 1. The first-order chi connectivity index (χ1) is 9.37. The molecule has 0 aliphatic heterocycles. The quantitative estimate of drug-likeness (QED) is 0.906. The Hall–Kier alpha value is -2.21. The molecule has 0 unspecified atom stereocenters. The Morgan fingerprint density at radius 2 is 2.00 bits per heavy atom. The van der Waals surface area contributed by atoms with Crippen LogP contribution in [-0.2, 0) is 0 Å². The van der Waals surface area contributed by atoms with Crippen LogP contribution in [0.15, 0.2) is 36.7 Å². The van der Waals surface area contributed by atoms with Gasteiger partial charge in [0.05, 0.1) is 23.7 Å². The zero-order valence-corrected chi connectivity index (χ0v) is 11.8. The van der Waals surface area contributed by atoms with Crippen LogP contribution >= 0.6 is 0 Å². The number of amides is 1. The molecule has 0 radical (unpaired) electrons. The Morgan fingerprint density at radius 1 is 1.35 bits per heavy atom. The van der Waals surface area contributed by atoms with Gasteiger partial charge in [0.2, 0.25) is 0 Å². The standard InChI is InChI=1S/C14H18N4O2/c1-14(2,20)10-17(3)13(19)11-4-6-12(7-5-11)18-9-8-15-16-18/h4-9,20H,10H2,1-3H3. The van der Waals surface area contributed by atoms with Crippen LogP contribution in [-0.4, -0.2) is 50.1 Å². The van der Waals surface area contributed by atoms with Crippen LogP contribution in [0.25, 0.3) is 5.69 Å². The van der Waals surface area contributed by atoms with Crippen molar-refractivity contribution in [1.29, 1.82) is 0 Å². The van der Waals surface area contributed by atoms with E-state index in [1.807, 2.05) is 0 Å². The lowest BCUT2D eigenvalue weighted by Crippen LogP contribution is -2.39. The molecule has 106 valence electrons. The van der Waals surface area contributed by atoms with E-state index in [4.69, 9.17) is 0 Å². The van der Waals surface area contributed by atoms with Crippen molar-refractivity contribution < 1.29 is 9.90 Å². The van der Waals surface area contributed by atoms with Gasteiger partial charge in [-0.05, 0) is 38.1 Å². The molecule has 0 saturated heterocycles. The molecule has 0 atom stereocenters. The lowest BCUT2D eigenvalue weighted by molar-refractivity contribution is 0.0368. The molecule has 1 amide bonds. The van der Waals surface area contributed by atoms with E-state index in [1.165, 1.54) is 4.90 Å². The zero-order valence-electron chi connectivity index (χ0n) is 11.8. The zero-order chi connectivity index (χ0) is 14.8. The second-order valence-electron chi connectivity index (χ2n) is 5.37. The molecular weight excluding hydrogens is 256 g/mol. The second kappa shape index (κ2) is 5.42. The molecule has 2 rings (SSSR count). The first-order valence-electron chi connectivity index (χ1n) is 6.31. The molecule has 6 nitrogen and oxygen atoms in total. The molecule has 1 aromatic heterocycles. The average molecular weight is 274 g/mol. The van der Waals surface area contributed by atoms with Gasteiger partial charge in [-0.2, -0.15) is 0 Å². The van der Waals surface area contributed by atoms with Gasteiger partial charge in [0.15, 0.2) is 0 Å². The maximum Gasteiger partial charge on any atom is 0.253 e. The van der Waals surface area contributed by atoms with Gasteiger partial charge >= 0.3 is 0 Å². The fourth-order valence-electron chi connectivity index (χ4n) is 1.98. The Balaban J connectivity index is 2.12. The summed E-state index contributed by atoms with van der Waals surface area (Å²) in [6.07, 6.45) is 3.33. The van der Waals surface area contributed by atoms with E-state index in [-0.39, 0.29) is 12.5 Å². The van der Waals surface area contributed by atoms with Gasteiger partial charge in [-0.1, -0.05) is 5.21 Å². The number of carbonyl (C=O) groups is 1. The third kappa shape index (κ3) is 3.42. The minimum atomic E-state index is -0.912. The third-order valence-corrected chi connectivity index (χ3v) is 2.77. The summed E-state index contributed by atoms with van der Waals surface area (Å²) >= 11 is 0. The van der Waals surface area contributed by atoms with E-state index in [2.05, 4.69) is 10.3 Å². The van der Waals surface area contributed by atoms with Crippen LogP contribution in [0.1, 0.15) is 24.2 Å². The molecule has 1 heterocycles. The fourth-order valence-corrected chi connectivity index (χ4v) is 1.98. The van der Waals surface area contributed by atoms with E-state index in [1.54, 1.807) is 62.2 Å². The molecule has 0 saturated carbocycles. The third-order valence-electron chi connectivity index (χ3n) is 2.77. The highest BCUT2D eigenvalue weighted by Gasteiger charge is 2.20. The molecule has 1 N–H and O–H groups in total. The largest absolute Gasteiger partial charge is 0.389 e. The number of likely N-dealkylation sites (N-methyl/N-ethyl adjacent to an activating group) is 1. The van der Waals surface area contributed by atoms with Gasteiger partial charge < -0.3 is 10.0 Å². The summed E-state index contributed by atoms with van der Waals surface area (Å²) in [7, 11) is 1.67. The molecule has 0 spiro atoms. The second-order valence-corrected chi connectivity index (χ2v) is 5.37. The summed E-state index contributed by atoms with van der Waals surface area (Å²) in [6, 6.07) is 7.08. The number of rotatable bonds is 4. The van der Waals surface area contributed by atoms with Crippen molar-refractivity contribution >= 4 is 5.91 Å². The van der Waals surface area contributed by atoms with E-state index < -0.39 is 5.60 Å². The summed E-state index contributed by atoms with van der Waals surface area (Å²) in [6.45, 7) is 3.62. The van der Waals surface area contributed by atoms with Gasteiger partial charge in [-0.3, -0.25) is 4.79 Å². The monoisotopic (exact) mass is 274 g/mol. The maximum atomic E-state index is 12.2. The highest BCUT2D eigenvalue weighted by atomic mass is 16.3.